The Morgan fingerprint density at radius 2 is 1.93 bits per heavy atom. The fourth-order valence-electron chi connectivity index (χ4n) is 2.81. The number of fused-ring (bicyclic) bond motifs is 1. The molecule has 4 aromatic rings. The number of hydrogen-bond donors (Lipinski definition) is 1. The summed E-state index contributed by atoms with van der Waals surface area (Å²) in [5.41, 5.74) is 4.72. The molecule has 29 heavy (non-hydrogen) atoms. The first-order valence-corrected chi connectivity index (χ1v) is 10.8. The summed E-state index contributed by atoms with van der Waals surface area (Å²) in [4.78, 5) is 28.5. The van der Waals surface area contributed by atoms with E-state index >= 15 is 0 Å². The van der Waals surface area contributed by atoms with Gasteiger partial charge in [0.1, 0.15) is 5.01 Å². The highest BCUT2D eigenvalue weighted by Crippen LogP contribution is 2.31. The number of amides is 1. The number of hydrogen-bond acceptors (Lipinski definition) is 6. The van der Waals surface area contributed by atoms with Crippen molar-refractivity contribution in [2.24, 2.45) is 0 Å². The second-order valence-corrected chi connectivity index (χ2v) is 8.40. The fraction of sp³-hybridized carbons (Fsp3) is 0.136. The van der Waals surface area contributed by atoms with Crippen LogP contribution in [0.5, 0.6) is 0 Å². The van der Waals surface area contributed by atoms with Crippen molar-refractivity contribution in [3.05, 3.63) is 70.4 Å². The van der Waals surface area contributed by atoms with Crippen LogP contribution in [-0.4, -0.2) is 23.5 Å². The third-order valence-electron chi connectivity index (χ3n) is 4.25. The maximum absolute atomic E-state index is 12.0. The lowest BCUT2D eigenvalue weighted by molar-refractivity contribution is -0.146. The lowest BCUT2D eigenvalue weighted by Gasteiger charge is -2.07. The van der Waals surface area contributed by atoms with E-state index in [0.29, 0.717) is 5.69 Å². The highest BCUT2D eigenvalue weighted by Gasteiger charge is 2.10. The third kappa shape index (κ3) is 4.88. The van der Waals surface area contributed by atoms with Crippen LogP contribution in [-0.2, 0) is 20.7 Å². The molecule has 0 bridgehead atoms. The highest BCUT2D eigenvalue weighted by atomic mass is 32.1. The van der Waals surface area contributed by atoms with Gasteiger partial charge in [-0.1, -0.05) is 6.07 Å². The molecule has 0 atom stereocenters. The number of benzene rings is 2. The predicted molar refractivity (Wildman–Crippen MR) is 117 cm³/mol. The van der Waals surface area contributed by atoms with Crippen molar-refractivity contribution in [3.63, 3.8) is 0 Å². The SMILES string of the molecule is Cc1ccc2nc(-c3ccc(NC(=O)COC(=O)Cc4ccsc4)cc3)sc2c1. The average Bonchev–Trinajstić information content (AvgIpc) is 3.36. The summed E-state index contributed by atoms with van der Waals surface area (Å²) in [7, 11) is 0. The van der Waals surface area contributed by atoms with Crippen LogP contribution in [0.2, 0.25) is 0 Å². The van der Waals surface area contributed by atoms with E-state index in [1.54, 1.807) is 11.3 Å². The molecule has 0 saturated heterocycles. The van der Waals surface area contributed by atoms with E-state index in [4.69, 9.17) is 4.74 Å². The van der Waals surface area contributed by atoms with Gasteiger partial charge in [-0.2, -0.15) is 11.3 Å². The number of carbonyl (C=O) groups is 2. The number of carbonyl (C=O) groups excluding carboxylic acids is 2. The fourth-order valence-corrected chi connectivity index (χ4v) is 4.54. The summed E-state index contributed by atoms with van der Waals surface area (Å²) in [6.07, 6.45) is 0.174. The van der Waals surface area contributed by atoms with Gasteiger partial charge < -0.3 is 10.1 Å². The normalized spacial score (nSPS) is 10.8. The van der Waals surface area contributed by atoms with E-state index in [9.17, 15) is 9.59 Å². The lowest BCUT2D eigenvalue weighted by Crippen LogP contribution is -2.21. The van der Waals surface area contributed by atoms with Gasteiger partial charge in [0.2, 0.25) is 0 Å². The molecule has 0 spiro atoms. The Morgan fingerprint density at radius 3 is 2.69 bits per heavy atom. The van der Waals surface area contributed by atoms with Crippen LogP contribution in [0.1, 0.15) is 11.1 Å². The predicted octanol–water partition coefficient (Wildman–Crippen LogP) is 5.06. The summed E-state index contributed by atoms with van der Waals surface area (Å²) in [6.45, 7) is 1.76. The van der Waals surface area contributed by atoms with Crippen LogP contribution in [0.3, 0.4) is 0 Å². The van der Waals surface area contributed by atoms with Crippen LogP contribution in [0.15, 0.2) is 59.3 Å². The Labute approximate surface area is 176 Å². The highest BCUT2D eigenvalue weighted by molar-refractivity contribution is 7.21. The van der Waals surface area contributed by atoms with Gasteiger partial charge in [0.25, 0.3) is 5.91 Å². The van der Waals surface area contributed by atoms with Gasteiger partial charge in [0.05, 0.1) is 16.6 Å². The van der Waals surface area contributed by atoms with Gasteiger partial charge in [-0.15, -0.1) is 11.3 Å². The van der Waals surface area contributed by atoms with E-state index in [-0.39, 0.29) is 18.9 Å². The van der Waals surface area contributed by atoms with Gasteiger partial charge in [-0.3, -0.25) is 9.59 Å². The maximum atomic E-state index is 12.0. The van der Waals surface area contributed by atoms with E-state index in [2.05, 4.69) is 29.4 Å². The molecular weight excluding hydrogens is 404 g/mol. The van der Waals surface area contributed by atoms with E-state index < -0.39 is 5.97 Å². The molecule has 0 fully saturated rings. The first-order chi connectivity index (χ1) is 14.1. The Hall–Kier alpha value is -3.03. The largest absolute Gasteiger partial charge is 0.455 e. The number of anilines is 1. The number of ether oxygens (including phenoxy) is 1. The van der Waals surface area contributed by atoms with Crippen molar-refractivity contribution in [1.82, 2.24) is 4.98 Å². The topological polar surface area (TPSA) is 68.3 Å². The first kappa shape index (κ1) is 19.3. The minimum Gasteiger partial charge on any atom is -0.455 e. The Kier molecular flexibility index (Phi) is 5.69. The molecule has 146 valence electrons. The standard InChI is InChI=1S/C22H18N2O3S2/c1-14-2-7-18-19(10-14)29-22(24-18)16-3-5-17(6-4-16)23-20(25)12-27-21(26)11-15-8-9-28-13-15/h2-10,13H,11-12H2,1H3,(H,23,25). The molecule has 2 aromatic heterocycles. The summed E-state index contributed by atoms with van der Waals surface area (Å²) < 4.78 is 6.19. The van der Waals surface area contributed by atoms with Crippen molar-refractivity contribution >= 4 is 50.5 Å². The van der Waals surface area contributed by atoms with Crippen LogP contribution in [0.4, 0.5) is 5.69 Å². The Bertz CT molecular complexity index is 1150. The van der Waals surface area contributed by atoms with E-state index in [1.165, 1.54) is 16.9 Å². The summed E-state index contributed by atoms with van der Waals surface area (Å²) in [6, 6.07) is 15.5. The number of thiophene rings is 1. The third-order valence-corrected chi connectivity index (χ3v) is 6.05. The van der Waals surface area contributed by atoms with Crippen LogP contribution >= 0.6 is 22.7 Å². The molecule has 2 heterocycles. The van der Waals surface area contributed by atoms with Crippen molar-refractivity contribution < 1.29 is 14.3 Å². The summed E-state index contributed by atoms with van der Waals surface area (Å²) in [5.74, 6) is -0.785. The number of esters is 1. The minimum atomic E-state index is -0.417. The quantitative estimate of drug-likeness (QED) is 0.441. The molecule has 0 aliphatic carbocycles. The van der Waals surface area contributed by atoms with Gasteiger partial charge in [0.15, 0.2) is 6.61 Å². The molecule has 1 N–H and O–H groups in total. The molecule has 2 aromatic carbocycles. The second kappa shape index (κ2) is 8.55. The lowest BCUT2D eigenvalue weighted by atomic mass is 10.2. The molecule has 7 heteroatoms. The average molecular weight is 423 g/mol. The van der Waals surface area contributed by atoms with Gasteiger partial charge >= 0.3 is 5.97 Å². The molecule has 0 radical (unpaired) electrons. The van der Waals surface area contributed by atoms with Crippen LogP contribution in [0.25, 0.3) is 20.8 Å². The van der Waals surface area contributed by atoms with Crippen molar-refractivity contribution in [2.45, 2.75) is 13.3 Å². The van der Waals surface area contributed by atoms with Gasteiger partial charge in [-0.05, 0) is 71.3 Å². The number of thiazole rings is 1. The Morgan fingerprint density at radius 1 is 1.10 bits per heavy atom. The smallest absolute Gasteiger partial charge is 0.310 e. The van der Waals surface area contributed by atoms with Crippen LogP contribution in [0, 0.1) is 6.92 Å². The monoisotopic (exact) mass is 422 g/mol. The summed E-state index contributed by atoms with van der Waals surface area (Å²) in [5, 5.41) is 7.46. The molecular formula is C22H18N2O3S2. The molecule has 4 rings (SSSR count). The molecule has 1 amide bonds. The van der Waals surface area contributed by atoms with Crippen molar-refractivity contribution in [2.75, 3.05) is 11.9 Å². The number of aryl methyl sites for hydroxylation is 1. The number of nitrogens with zero attached hydrogens (tertiary/aromatic N) is 1. The number of nitrogens with one attached hydrogen (secondary N) is 1. The van der Waals surface area contributed by atoms with Gasteiger partial charge in [-0.25, -0.2) is 4.98 Å². The van der Waals surface area contributed by atoms with Crippen molar-refractivity contribution in [1.29, 1.82) is 0 Å². The van der Waals surface area contributed by atoms with E-state index in [0.717, 1.165) is 26.4 Å². The maximum Gasteiger partial charge on any atom is 0.310 e. The molecule has 0 aliphatic heterocycles. The van der Waals surface area contributed by atoms with Gasteiger partial charge in [0, 0.05) is 11.3 Å². The summed E-state index contributed by atoms with van der Waals surface area (Å²) >= 11 is 3.16. The molecule has 0 unspecified atom stereocenters. The van der Waals surface area contributed by atoms with E-state index in [1.807, 2.05) is 47.2 Å². The number of aromatic nitrogens is 1. The zero-order chi connectivity index (χ0) is 20.2. The van der Waals surface area contributed by atoms with Crippen LogP contribution < -0.4 is 5.32 Å². The Balaban J connectivity index is 1.33. The zero-order valence-electron chi connectivity index (χ0n) is 15.7. The van der Waals surface area contributed by atoms with Crippen molar-refractivity contribution in [3.8, 4) is 10.6 Å². The molecule has 5 nitrogen and oxygen atoms in total. The zero-order valence-corrected chi connectivity index (χ0v) is 17.3. The second-order valence-electron chi connectivity index (χ2n) is 6.58. The molecule has 0 saturated carbocycles. The molecule has 0 aliphatic rings. The number of rotatable bonds is 6. The minimum absolute atomic E-state index is 0.174. The first-order valence-electron chi connectivity index (χ1n) is 9.01.